The minimum atomic E-state index is 0.359. The molecule has 0 aromatic rings. The standard InChI is InChI=1S/C17H33NO/c1-5-13-8-10-14(11-9-13)18-15-12-16(19-7-3)17(15,4)6-2/h13-16,18H,5-12H2,1-4H3. The maximum atomic E-state index is 5.90. The van der Waals surface area contributed by atoms with Gasteiger partial charge in [-0.05, 0) is 51.4 Å². The van der Waals surface area contributed by atoms with Crippen molar-refractivity contribution in [1.29, 1.82) is 0 Å². The summed E-state index contributed by atoms with van der Waals surface area (Å²) in [5.41, 5.74) is 0.359. The lowest BCUT2D eigenvalue weighted by Crippen LogP contribution is -2.64. The van der Waals surface area contributed by atoms with Crippen molar-refractivity contribution < 1.29 is 4.74 Å². The van der Waals surface area contributed by atoms with Gasteiger partial charge in [-0.3, -0.25) is 0 Å². The lowest BCUT2D eigenvalue weighted by Gasteiger charge is -2.55. The molecule has 2 saturated carbocycles. The molecule has 0 amide bonds. The first-order chi connectivity index (χ1) is 9.13. The van der Waals surface area contributed by atoms with Crippen molar-refractivity contribution in [3.8, 4) is 0 Å². The van der Waals surface area contributed by atoms with Gasteiger partial charge in [0, 0.05) is 24.1 Å². The second-order valence-electron chi connectivity index (χ2n) is 6.88. The number of hydrogen-bond donors (Lipinski definition) is 1. The molecular formula is C17H33NO. The Morgan fingerprint density at radius 2 is 1.79 bits per heavy atom. The van der Waals surface area contributed by atoms with Crippen LogP contribution in [0.25, 0.3) is 0 Å². The first kappa shape index (κ1) is 15.3. The van der Waals surface area contributed by atoms with Crippen LogP contribution in [0, 0.1) is 11.3 Å². The number of ether oxygens (including phenoxy) is 1. The van der Waals surface area contributed by atoms with Crippen molar-refractivity contribution in [2.75, 3.05) is 6.61 Å². The fourth-order valence-electron chi connectivity index (χ4n) is 4.03. The highest BCUT2D eigenvalue weighted by atomic mass is 16.5. The molecule has 112 valence electrons. The lowest BCUT2D eigenvalue weighted by molar-refractivity contribution is -0.129. The summed E-state index contributed by atoms with van der Waals surface area (Å²) in [6.07, 6.45) is 9.91. The minimum absolute atomic E-state index is 0.359. The molecule has 2 nitrogen and oxygen atoms in total. The summed E-state index contributed by atoms with van der Waals surface area (Å²) in [6.45, 7) is 10.0. The van der Waals surface area contributed by atoms with Crippen molar-refractivity contribution in [3.05, 3.63) is 0 Å². The Hall–Kier alpha value is -0.0800. The summed E-state index contributed by atoms with van der Waals surface area (Å²) < 4.78 is 5.90. The molecule has 0 aromatic heterocycles. The molecule has 3 atom stereocenters. The Balaban J connectivity index is 1.81. The van der Waals surface area contributed by atoms with Crippen LogP contribution in [0.15, 0.2) is 0 Å². The van der Waals surface area contributed by atoms with E-state index in [0.717, 1.165) is 18.6 Å². The third kappa shape index (κ3) is 3.16. The Labute approximate surface area is 119 Å². The van der Waals surface area contributed by atoms with E-state index in [9.17, 15) is 0 Å². The van der Waals surface area contributed by atoms with Crippen molar-refractivity contribution in [2.45, 2.75) is 90.8 Å². The van der Waals surface area contributed by atoms with Crippen LogP contribution < -0.4 is 5.32 Å². The van der Waals surface area contributed by atoms with Crippen LogP contribution in [0.5, 0.6) is 0 Å². The summed E-state index contributed by atoms with van der Waals surface area (Å²) in [5, 5.41) is 3.95. The fraction of sp³-hybridized carbons (Fsp3) is 1.00. The Bertz CT molecular complexity index is 272. The van der Waals surface area contributed by atoms with E-state index in [4.69, 9.17) is 4.74 Å². The van der Waals surface area contributed by atoms with E-state index < -0.39 is 0 Å². The molecule has 2 heteroatoms. The zero-order valence-corrected chi connectivity index (χ0v) is 13.4. The molecule has 0 bridgehead atoms. The number of rotatable bonds is 6. The zero-order chi connectivity index (χ0) is 13.9. The second kappa shape index (κ2) is 6.58. The van der Waals surface area contributed by atoms with Crippen LogP contribution in [-0.4, -0.2) is 24.8 Å². The van der Waals surface area contributed by atoms with E-state index in [0.29, 0.717) is 17.6 Å². The molecule has 2 aliphatic carbocycles. The van der Waals surface area contributed by atoms with E-state index >= 15 is 0 Å². The normalized spacial score (nSPS) is 42.9. The van der Waals surface area contributed by atoms with Gasteiger partial charge in [-0.2, -0.15) is 0 Å². The monoisotopic (exact) mass is 267 g/mol. The summed E-state index contributed by atoms with van der Waals surface area (Å²) in [7, 11) is 0. The quantitative estimate of drug-likeness (QED) is 0.781. The van der Waals surface area contributed by atoms with Gasteiger partial charge in [-0.15, -0.1) is 0 Å². The van der Waals surface area contributed by atoms with Crippen molar-refractivity contribution in [2.24, 2.45) is 11.3 Å². The summed E-state index contributed by atoms with van der Waals surface area (Å²) in [5.74, 6) is 0.994. The number of nitrogens with one attached hydrogen (secondary N) is 1. The van der Waals surface area contributed by atoms with Gasteiger partial charge >= 0.3 is 0 Å². The predicted molar refractivity (Wildman–Crippen MR) is 81.4 cm³/mol. The maximum absolute atomic E-state index is 5.90. The van der Waals surface area contributed by atoms with E-state index in [1.54, 1.807) is 0 Å². The summed E-state index contributed by atoms with van der Waals surface area (Å²) in [6, 6.07) is 1.44. The fourth-order valence-corrected chi connectivity index (χ4v) is 4.03. The molecule has 0 spiro atoms. The highest BCUT2D eigenvalue weighted by Gasteiger charge is 2.51. The summed E-state index contributed by atoms with van der Waals surface area (Å²) in [4.78, 5) is 0. The lowest BCUT2D eigenvalue weighted by atomic mass is 9.61. The van der Waals surface area contributed by atoms with Crippen LogP contribution in [0.3, 0.4) is 0 Å². The largest absolute Gasteiger partial charge is 0.378 e. The molecule has 2 aliphatic rings. The van der Waals surface area contributed by atoms with Gasteiger partial charge < -0.3 is 10.1 Å². The van der Waals surface area contributed by atoms with Crippen LogP contribution in [0.1, 0.15) is 72.6 Å². The van der Waals surface area contributed by atoms with Crippen LogP contribution in [-0.2, 0) is 4.74 Å². The van der Waals surface area contributed by atoms with Gasteiger partial charge in [0.25, 0.3) is 0 Å². The molecule has 0 aliphatic heterocycles. The van der Waals surface area contributed by atoms with Crippen LogP contribution in [0.2, 0.25) is 0 Å². The Kier molecular flexibility index (Phi) is 5.30. The van der Waals surface area contributed by atoms with Crippen molar-refractivity contribution >= 4 is 0 Å². The third-order valence-electron chi connectivity index (χ3n) is 5.97. The van der Waals surface area contributed by atoms with Gasteiger partial charge in [-0.25, -0.2) is 0 Å². The van der Waals surface area contributed by atoms with Gasteiger partial charge in [0.1, 0.15) is 0 Å². The average Bonchev–Trinajstić information content (AvgIpc) is 2.46. The zero-order valence-electron chi connectivity index (χ0n) is 13.4. The average molecular weight is 267 g/mol. The van der Waals surface area contributed by atoms with E-state index in [1.807, 2.05) is 0 Å². The first-order valence-corrected chi connectivity index (χ1v) is 8.51. The first-order valence-electron chi connectivity index (χ1n) is 8.51. The van der Waals surface area contributed by atoms with Crippen molar-refractivity contribution in [1.82, 2.24) is 5.32 Å². The molecule has 0 radical (unpaired) electrons. The van der Waals surface area contributed by atoms with E-state index in [-0.39, 0.29) is 0 Å². The minimum Gasteiger partial charge on any atom is -0.378 e. The highest BCUT2D eigenvalue weighted by Crippen LogP contribution is 2.46. The molecule has 1 N–H and O–H groups in total. The molecule has 2 fully saturated rings. The van der Waals surface area contributed by atoms with Gasteiger partial charge in [0.15, 0.2) is 0 Å². The van der Waals surface area contributed by atoms with E-state index in [2.05, 4.69) is 33.0 Å². The van der Waals surface area contributed by atoms with Gasteiger partial charge in [-0.1, -0.05) is 27.2 Å². The molecular weight excluding hydrogens is 234 g/mol. The Morgan fingerprint density at radius 3 is 2.32 bits per heavy atom. The smallest absolute Gasteiger partial charge is 0.0658 e. The molecule has 0 saturated heterocycles. The second-order valence-corrected chi connectivity index (χ2v) is 6.88. The van der Waals surface area contributed by atoms with Gasteiger partial charge in [0.05, 0.1) is 6.10 Å². The SMILES string of the molecule is CCOC1CC(NC2CCC(CC)CC2)C1(C)CC. The number of hydrogen-bond acceptors (Lipinski definition) is 2. The van der Waals surface area contributed by atoms with Crippen LogP contribution >= 0.6 is 0 Å². The maximum Gasteiger partial charge on any atom is 0.0658 e. The molecule has 2 rings (SSSR count). The molecule has 0 heterocycles. The third-order valence-corrected chi connectivity index (χ3v) is 5.97. The van der Waals surface area contributed by atoms with Crippen molar-refractivity contribution in [3.63, 3.8) is 0 Å². The highest BCUT2D eigenvalue weighted by molar-refractivity contribution is 5.05. The van der Waals surface area contributed by atoms with E-state index in [1.165, 1.54) is 44.9 Å². The van der Waals surface area contributed by atoms with Crippen LogP contribution in [0.4, 0.5) is 0 Å². The van der Waals surface area contributed by atoms with Gasteiger partial charge in [0.2, 0.25) is 0 Å². The predicted octanol–water partition coefficient (Wildman–Crippen LogP) is 4.14. The topological polar surface area (TPSA) is 21.3 Å². The summed E-state index contributed by atoms with van der Waals surface area (Å²) >= 11 is 0. The molecule has 3 unspecified atom stereocenters. The molecule has 0 aromatic carbocycles. The molecule has 19 heavy (non-hydrogen) atoms. The Morgan fingerprint density at radius 1 is 1.11 bits per heavy atom.